The van der Waals surface area contributed by atoms with E-state index in [1.54, 1.807) is 13.8 Å². The highest BCUT2D eigenvalue weighted by atomic mass is 16.6. The van der Waals surface area contributed by atoms with Crippen LogP contribution in [0.15, 0.2) is 24.3 Å². The van der Waals surface area contributed by atoms with E-state index in [-0.39, 0.29) is 11.1 Å². The van der Waals surface area contributed by atoms with Crippen molar-refractivity contribution >= 4 is 11.9 Å². The molecule has 1 rings (SSSR count). The van der Waals surface area contributed by atoms with Crippen molar-refractivity contribution in [3.05, 3.63) is 35.4 Å². The Morgan fingerprint density at radius 2 is 1.20 bits per heavy atom. The van der Waals surface area contributed by atoms with Crippen LogP contribution in [0.4, 0.5) is 0 Å². The van der Waals surface area contributed by atoms with Gasteiger partial charge >= 0.3 is 11.9 Å². The normalized spacial score (nSPS) is 13.4. The molecule has 2 N–H and O–H groups in total. The zero-order valence-electron chi connectivity index (χ0n) is 11.4. The van der Waals surface area contributed by atoms with Crippen LogP contribution >= 0.6 is 0 Å². The lowest BCUT2D eigenvalue weighted by Crippen LogP contribution is -2.18. The van der Waals surface area contributed by atoms with E-state index in [2.05, 4.69) is 0 Å². The van der Waals surface area contributed by atoms with Crippen LogP contribution in [0.3, 0.4) is 0 Å². The van der Waals surface area contributed by atoms with Gasteiger partial charge in [-0.3, -0.25) is 0 Å². The van der Waals surface area contributed by atoms with Gasteiger partial charge in [0.2, 0.25) is 12.6 Å². The van der Waals surface area contributed by atoms with Gasteiger partial charge in [0.25, 0.3) is 0 Å². The van der Waals surface area contributed by atoms with Crippen molar-refractivity contribution in [1.82, 2.24) is 0 Å². The number of hydrogen-bond acceptors (Lipinski definition) is 6. The summed E-state index contributed by atoms with van der Waals surface area (Å²) in [7, 11) is 0. The highest BCUT2D eigenvalue weighted by molar-refractivity contribution is 5.93. The Morgan fingerprint density at radius 1 is 0.900 bits per heavy atom. The molecule has 0 aromatic heterocycles. The Morgan fingerprint density at radius 3 is 1.45 bits per heavy atom. The van der Waals surface area contributed by atoms with E-state index in [9.17, 15) is 19.8 Å². The van der Waals surface area contributed by atoms with Crippen LogP contribution in [-0.2, 0) is 9.47 Å². The molecule has 1 aromatic carbocycles. The van der Waals surface area contributed by atoms with E-state index in [1.165, 1.54) is 24.3 Å². The minimum atomic E-state index is -1.15. The van der Waals surface area contributed by atoms with Crippen molar-refractivity contribution in [1.29, 1.82) is 0 Å². The van der Waals surface area contributed by atoms with Crippen LogP contribution in [-0.4, -0.2) is 34.7 Å². The van der Waals surface area contributed by atoms with Crippen molar-refractivity contribution < 1.29 is 29.3 Å². The summed E-state index contributed by atoms with van der Waals surface area (Å²) in [6.07, 6.45) is -1.70. The monoisotopic (exact) mass is 282 g/mol. The summed E-state index contributed by atoms with van der Waals surface area (Å²) >= 11 is 0. The standard InChI is InChI=1S/C14H18O6/c1-3-11(15)19-13(17)9-5-7-10(8-6-9)14(18)20-12(16)4-2/h5-8,11-12,15-16H,3-4H2,1-2H3. The lowest BCUT2D eigenvalue weighted by molar-refractivity contribution is -0.0669. The molecule has 6 heteroatoms. The van der Waals surface area contributed by atoms with Crippen LogP contribution < -0.4 is 0 Å². The molecule has 6 nitrogen and oxygen atoms in total. The molecule has 0 aliphatic heterocycles. The quantitative estimate of drug-likeness (QED) is 0.606. The van der Waals surface area contributed by atoms with Gasteiger partial charge in [-0.15, -0.1) is 0 Å². The molecule has 0 radical (unpaired) electrons. The number of rotatable bonds is 6. The van der Waals surface area contributed by atoms with Crippen molar-refractivity contribution in [3.8, 4) is 0 Å². The summed E-state index contributed by atoms with van der Waals surface area (Å²) in [5.41, 5.74) is 0.426. The summed E-state index contributed by atoms with van der Waals surface area (Å²) < 4.78 is 9.46. The predicted octanol–water partition coefficient (Wildman–Crippen LogP) is 1.46. The molecule has 0 heterocycles. The maximum atomic E-state index is 11.6. The number of hydrogen-bond donors (Lipinski definition) is 2. The van der Waals surface area contributed by atoms with Crippen LogP contribution in [0.25, 0.3) is 0 Å². The number of benzene rings is 1. The highest BCUT2D eigenvalue weighted by Crippen LogP contribution is 2.10. The third-order valence-corrected chi connectivity index (χ3v) is 2.54. The minimum absolute atomic E-state index is 0.213. The second kappa shape index (κ2) is 7.62. The van der Waals surface area contributed by atoms with E-state index < -0.39 is 24.5 Å². The van der Waals surface area contributed by atoms with Crippen molar-refractivity contribution in [2.75, 3.05) is 0 Å². The third-order valence-electron chi connectivity index (χ3n) is 2.54. The maximum absolute atomic E-state index is 11.6. The van der Waals surface area contributed by atoms with Crippen LogP contribution in [0.5, 0.6) is 0 Å². The average molecular weight is 282 g/mol. The molecule has 2 atom stereocenters. The molecule has 0 spiro atoms. The Kier molecular flexibility index (Phi) is 6.14. The zero-order chi connectivity index (χ0) is 15.1. The summed E-state index contributed by atoms with van der Waals surface area (Å²) in [6.45, 7) is 3.35. The molecular weight excluding hydrogens is 264 g/mol. The first kappa shape index (κ1) is 16.1. The van der Waals surface area contributed by atoms with E-state index in [1.807, 2.05) is 0 Å². The Hall–Kier alpha value is -1.92. The van der Waals surface area contributed by atoms with Gasteiger partial charge in [-0.05, 0) is 24.3 Å². The van der Waals surface area contributed by atoms with Crippen LogP contribution in [0.2, 0.25) is 0 Å². The lowest BCUT2D eigenvalue weighted by atomic mass is 10.1. The van der Waals surface area contributed by atoms with Gasteiger partial charge in [0.15, 0.2) is 0 Å². The van der Waals surface area contributed by atoms with E-state index in [0.717, 1.165) is 0 Å². The molecule has 0 aliphatic carbocycles. The molecule has 20 heavy (non-hydrogen) atoms. The third kappa shape index (κ3) is 4.64. The second-order valence-electron chi connectivity index (χ2n) is 4.11. The molecule has 0 saturated heterocycles. The zero-order valence-corrected chi connectivity index (χ0v) is 11.4. The Balaban J connectivity index is 2.68. The molecule has 0 amide bonds. The highest BCUT2D eigenvalue weighted by Gasteiger charge is 2.15. The molecule has 0 bridgehead atoms. The molecule has 110 valence electrons. The van der Waals surface area contributed by atoms with Gasteiger partial charge in [-0.25, -0.2) is 9.59 Å². The lowest BCUT2D eigenvalue weighted by Gasteiger charge is -2.11. The molecule has 0 aliphatic rings. The van der Waals surface area contributed by atoms with Gasteiger partial charge < -0.3 is 19.7 Å². The molecule has 2 unspecified atom stereocenters. The van der Waals surface area contributed by atoms with E-state index in [4.69, 9.17) is 9.47 Å². The first-order chi connectivity index (χ1) is 9.47. The SMILES string of the molecule is CCC(O)OC(=O)c1ccc(C(=O)OC(O)CC)cc1. The number of carbonyl (C=O) groups is 2. The Labute approximate surface area is 116 Å². The van der Waals surface area contributed by atoms with Crippen LogP contribution in [0.1, 0.15) is 47.4 Å². The average Bonchev–Trinajstić information content (AvgIpc) is 2.46. The molecular formula is C14H18O6. The number of aliphatic hydroxyl groups is 2. The number of esters is 2. The van der Waals surface area contributed by atoms with E-state index >= 15 is 0 Å². The Bertz CT molecular complexity index is 410. The molecule has 0 fully saturated rings. The van der Waals surface area contributed by atoms with Crippen molar-refractivity contribution in [2.45, 2.75) is 39.3 Å². The van der Waals surface area contributed by atoms with Gasteiger partial charge in [0.1, 0.15) is 0 Å². The maximum Gasteiger partial charge on any atom is 0.340 e. The van der Waals surface area contributed by atoms with Gasteiger partial charge in [-0.1, -0.05) is 13.8 Å². The van der Waals surface area contributed by atoms with Crippen LogP contribution in [0, 0.1) is 0 Å². The fourth-order valence-electron chi connectivity index (χ4n) is 1.29. The summed E-state index contributed by atoms with van der Waals surface area (Å²) in [5, 5.41) is 18.4. The molecule has 1 aromatic rings. The van der Waals surface area contributed by atoms with Crippen molar-refractivity contribution in [3.63, 3.8) is 0 Å². The predicted molar refractivity (Wildman–Crippen MR) is 69.9 cm³/mol. The van der Waals surface area contributed by atoms with Crippen molar-refractivity contribution in [2.24, 2.45) is 0 Å². The van der Waals surface area contributed by atoms with Gasteiger partial charge in [-0.2, -0.15) is 0 Å². The first-order valence-electron chi connectivity index (χ1n) is 6.36. The summed E-state index contributed by atoms with van der Waals surface area (Å²) in [6, 6.07) is 5.55. The minimum Gasteiger partial charge on any atom is -0.432 e. The summed E-state index contributed by atoms with van der Waals surface area (Å²) in [4.78, 5) is 23.2. The smallest absolute Gasteiger partial charge is 0.340 e. The number of ether oxygens (including phenoxy) is 2. The summed E-state index contributed by atoms with van der Waals surface area (Å²) in [5.74, 6) is -1.35. The van der Waals surface area contributed by atoms with Gasteiger partial charge in [0.05, 0.1) is 11.1 Å². The molecule has 0 saturated carbocycles. The number of carbonyl (C=O) groups excluding carboxylic acids is 2. The fraction of sp³-hybridized carbons (Fsp3) is 0.429. The van der Waals surface area contributed by atoms with E-state index in [0.29, 0.717) is 12.8 Å². The largest absolute Gasteiger partial charge is 0.432 e. The second-order valence-corrected chi connectivity index (χ2v) is 4.11. The topological polar surface area (TPSA) is 93.1 Å². The number of aliphatic hydroxyl groups excluding tert-OH is 2. The first-order valence-corrected chi connectivity index (χ1v) is 6.36. The fourth-order valence-corrected chi connectivity index (χ4v) is 1.29. The van der Waals surface area contributed by atoms with Gasteiger partial charge in [0, 0.05) is 12.8 Å².